The molecule has 176 valence electrons. The van der Waals surface area contributed by atoms with E-state index in [2.05, 4.69) is 20.7 Å². The van der Waals surface area contributed by atoms with Crippen molar-refractivity contribution in [2.75, 3.05) is 11.9 Å². The second-order valence-corrected chi connectivity index (χ2v) is 7.93. The molecule has 4 amide bonds. The molecule has 0 radical (unpaired) electrons. The quantitative estimate of drug-likeness (QED) is 0.555. The van der Waals surface area contributed by atoms with E-state index in [4.69, 9.17) is 0 Å². The number of nitrogens with one attached hydrogen (secondary N) is 2. The second kappa shape index (κ2) is 8.28. The van der Waals surface area contributed by atoms with Crippen LogP contribution >= 0.6 is 0 Å². The molecule has 0 spiro atoms. The first kappa shape index (κ1) is 23.0. The number of hydrogen-bond acceptors (Lipinski definition) is 5. The summed E-state index contributed by atoms with van der Waals surface area (Å²) in [6, 6.07) is 8.91. The molecule has 1 fully saturated rings. The monoisotopic (exact) mass is 472 g/mol. The van der Waals surface area contributed by atoms with Crippen molar-refractivity contribution in [3.8, 4) is 5.69 Å². The molecule has 4 rings (SSSR count). The van der Waals surface area contributed by atoms with E-state index in [1.54, 1.807) is 24.3 Å². The lowest BCUT2D eigenvalue weighted by molar-refractivity contribution is -0.137. The molecule has 0 unspecified atom stereocenters. The third-order valence-corrected chi connectivity index (χ3v) is 5.47. The molecule has 1 saturated heterocycles. The summed E-state index contributed by atoms with van der Waals surface area (Å²) in [4.78, 5) is 42.7. The van der Waals surface area contributed by atoms with Gasteiger partial charge in [-0.25, -0.2) is 14.5 Å². The molecule has 1 aromatic heterocycles. The number of aromatic nitrogens is 3. The number of rotatable bonds is 5. The van der Waals surface area contributed by atoms with Crippen LogP contribution in [0.5, 0.6) is 0 Å². The fraction of sp³-hybridized carbons (Fsp3) is 0.227. The fourth-order valence-electron chi connectivity index (χ4n) is 3.60. The first-order chi connectivity index (χ1) is 16.0. The first-order valence-electron chi connectivity index (χ1n) is 10.1. The number of nitrogens with zero attached hydrogens (tertiary/aromatic N) is 4. The zero-order valence-corrected chi connectivity index (χ0v) is 18.1. The highest BCUT2D eigenvalue weighted by molar-refractivity contribution is 6.10. The zero-order chi connectivity index (χ0) is 24.7. The number of hydrogen-bond donors (Lipinski definition) is 2. The van der Waals surface area contributed by atoms with Gasteiger partial charge >= 0.3 is 12.2 Å². The normalized spacial score (nSPS) is 18.2. The summed E-state index contributed by atoms with van der Waals surface area (Å²) in [5.74, 6) is -1.52. The highest BCUT2D eigenvalue weighted by atomic mass is 19.4. The minimum atomic E-state index is -4.65. The molecular formula is C22H19F3N6O3. The van der Waals surface area contributed by atoms with Gasteiger partial charge in [0.2, 0.25) is 5.91 Å². The van der Waals surface area contributed by atoms with Gasteiger partial charge in [-0.05, 0) is 37.6 Å². The van der Waals surface area contributed by atoms with Gasteiger partial charge in [0, 0.05) is 0 Å². The predicted molar refractivity (Wildman–Crippen MR) is 114 cm³/mol. The first-order valence-corrected chi connectivity index (χ1v) is 10.1. The molecule has 2 heterocycles. The smallest absolute Gasteiger partial charge is 0.323 e. The Labute approximate surface area is 191 Å². The fourth-order valence-corrected chi connectivity index (χ4v) is 3.60. The SMILES string of the molecule is Cc1ccc([C@]2(C)NC(=O)N(CC(=O)Nc3cc(C(F)(F)F)ccc3-n3cncn3)C2=O)cc1. The minimum Gasteiger partial charge on any atom is -0.323 e. The summed E-state index contributed by atoms with van der Waals surface area (Å²) in [7, 11) is 0. The van der Waals surface area contributed by atoms with Crippen LogP contribution in [0.3, 0.4) is 0 Å². The van der Waals surface area contributed by atoms with Crippen molar-refractivity contribution in [3.05, 3.63) is 71.8 Å². The van der Waals surface area contributed by atoms with Gasteiger partial charge in [0.25, 0.3) is 5.91 Å². The molecule has 1 atom stereocenters. The van der Waals surface area contributed by atoms with Gasteiger partial charge in [-0.1, -0.05) is 29.8 Å². The summed E-state index contributed by atoms with van der Waals surface area (Å²) in [6.07, 6.45) is -2.22. The molecule has 9 nitrogen and oxygen atoms in total. The van der Waals surface area contributed by atoms with Gasteiger partial charge in [0.15, 0.2) is 0 Å². The number of aryl methyl sites for hydroxylation is 1. The van der Waals surface area contributed by atoms with Crippen molar-refractivity contribution >= 4 is 23.5 Å². The second-order valence-electron chi connectivity index (χ2n) is 7.93. The third-order valence-electron chi connectivity index (χ3n) is 5.47. The van der Waals surface area contributed by atoms with Crippen LogP contribution in [0.2, 0.25) is 0 Å². The summed E-state index contributed by atoms with van der Waals surface area (Å²) >= 11 is 0. The van der Waals surface area contributed by atoms with E-state index >= 15 is 0 Å². The topological polar surface area (TPSA) is 109 Å². The lowest BCUT2D eigenvalue weighted by Gasteiger charge is -2.22. The van der Waals surface area contributed by atoms with Crippen LogP contribution in [0, 0.1) is 6.92 Å². The van der Waals surface area contributed by atoms with Crippen LogP contribution in [0.1, 0.15) is 23.6 Å². The molecule has 3 aromatic rings. The average molecular weight is 472 g/mol. The largest absolute Gasteiger partial charge is 0.416 e. The Morgan fingerprint density at radius 3 is 2.47 bits per heavy atom. The number of urea groups is 1. The Morgan fingerprint density at radius 1 is 1.15 bits per heavy atom. The van der Waals surface area contributed by atoms with Crippen LogP contribution in [-0.4, -0.2) is 44.1 Å². The molecule has 2 N–H and O–H groups in total. The van der Waals surface area contributed by atoms with E-state index in [0.717, 1.165) is 28.7 Å². The van der Waals surface area contributed by atoms with Gasteiger partial charge in [0.05, 0.1) is 16.9 Å². The predicted octanol–water partition coefficient (Wildman–Crippen LogP) is 3.00. The molecular weight excluding hydrogens is 453 g/mol. The van der Waals surface area contributed by atoms with Gasteiger partial charge in [0.1, 0.15) is 24.7 Å². The van der Waals surface area contributed by atoms with Crippen molar-refractivity contribution in [2.45, 2.75) is 25.6 Å². The standard InChI is InChI=1S/C22H19F3N6O3/c1-13-3-5-14(6-4-13)21(2)19(33)30(20(34)29-21)10-18(32)28-16-9-15(22(23,24)25)7-8-17(16)31-12-26-11-27-31/h3-9,11-12H,10H2,1-2H3,(H,28,32)(H,29,34)/t21-/m0/s1. The summed E-state index contributed by atoms with van der Waals surface area (Å²) in [6.45, 7) is 2.70. The van der Waals surface area contributed by atoms with E-state index in [9.17, 15) is 27.6 Å². The van der Waals surface area contributed by atoms with Gasteiger partial charge in [-0.2, -0.15) is 18.3 Å². The average Bonchev–Trinajstić information content (AvgIpc) is 3.37. The minimum absolute atomic E-state index is 0.126. The third kappa shape index (κ3) is 4.21. The van der Waals surface area contributed by atoms with E-state index in [-0.39, 0.29) is 11.4 Å². The molecule has 34 heavy (non-hydrogen) atoms. The number of amides is 4. The van der Waals surface area contributed by atoms with Crippen molar-refractivity contribution in [3.63, 3.8) is 0 Å². The van der Waals surface area contributed by atoms with E-state index in [1.807, 2.05) is 6.92 Å². The molecule has 2 aromatic carbocycles. The van der Waals surface area contributed by atoms with Crippen molar-refractivity contribution < 1.29 is 27.6 Å². The molecule has 1 aliphatic rings. The molecule has 0 aliphatic carbocycles. The van der Waals surface area contributed by atoms with Crippen molar-refractivity contribution in [1.29, 1.82) is 0 Å². The van der Waals surface area contributed by atoms with E-state index in [0.29, 0.717) is 5.56 Å². The maximum Gasteiger partial charge on any atom is 0.416 e. The Hall–Kier alpha value is -4.22. The summed E-state index contributed by atoms with van der Waals surface area (Å²) < 4.78 is 40.9. The Balaban J connectivity index is 1.57. The summed E-state index contributed by atoms with van der Waals surface area (Å²) in [5.41, 5.74) is -0.962. The summed E-state index contributed by atoms with van der Waals surface area (Å²) in [5, 5.41) is 8.81. The Kier molecular flexibility index (Phi) is 5.59. The lowest BCUT2D eigenvalue weighted by atomic mass is 9.91. The van der Waals surface area contributed by atoms with Crippen molar-refractivity contribution in [2.24, 2.45) is 0 Å². The number of benzene rings is 2. The maximum absolute atomic E-state index is 13.2. The zero-order valence-electron chi connectivity index (χ0n) is 18.1. The number of alkyl halides is 3. The molecule has 1 aliphatic heterocycles. The van der Waals surface area contributed by atoms with Crippen molar-refractivity contribution in [1.82, 2.24) is 25.0 Å². The van der Waals surface area contributed by atoms with Gasteiger partial charge in [-0.15, -0.1) is 0 Å². The number of anilines is 1. The van der Waals surface area contributed by atoms with Gasteiger partial charge < -0.3 is 10.6 Å². The number of carbonyl (C=O) groups is 3. The number of imide groups is 1. The number of halogens is 3. The van der Waals surface area contributed by atoms with E-state index < -0.39 is 41.7 Å². The van der Waals surface area contributed by atoms with Crippen LogP contribution in [-0.2, 0) is 21.3 Å². The highest BCUT2D eigenvalue weighted by Crippen LogP contribution is 2.33. The van der Waals surface area contributed by atoms with Gasteiger partial charge in [-0.3, -0.25) is 14.5 Å². The van der Waals surface area contributed by atoms with Crippen LogP contribution in [0.4, 0.5) is 23.7 Å². The Bertz CT molecular complexity index is 1260. The molecule has 12 heteroatoms. The van der Waals surface area contributed by atoms with E-state index in [1.165, 1.54) is 24.3 Å². The maximum atomic E-state index is 13.2. The van der Waals surface area contributed by atoms with Crippen LogP contribution in [0.15, 0.2) is 55.1 Å². The number of carbonyl (C=O) groups excluding carboxylic acids is 3. The highest BCUT2D eigenvalue weighted by Gasteiger charge is 2.49. The molecule has 0 saturated carbocycles. The lowest BCUT2D eigenvalue weighted by Crippen LogP contribution is -2.42. The van der Waals surface area contributed by atoms with Crippen LogP contribution in [0.25, 0.3) is 5.69 Å². The molecule has 0 bridgehead atoms. The Morgan fingerprint density at radius 2 is 1.85 bits per heavy atom. The van der Waals surface area contributed by atoms with Crippen LogP contribution < -0.4 is 10.6 Å².